The molecule has 0 aromatic carbocycles. The lowest BCUT2D eigenvalue weighted by atomic mass is 9.76. The first kappa shape index (κ1) is 17.9. The van der Waals surface area contributed by atoms with Crippen LogP contribution >= 0.6 is 0 Å². The minimum Gasteiger partial charge on any atom is -0.480 e. The molecule has 0 radical (unpaired) electrons. The van der Waals surface area contributed by atoms with Crippen LogP contribution in [0, 0.1) is 11.3 Å². The summed E-state index contributed by atoms with van der Waals surface area (Å²) in [5.41, 5.74) is 5.69. The van der Waals surface area contributed by atoms with Crippen LogP contribution in [0.4, 0.5) is 0 Å². The second kappa shape index (κ2) is 7.22. The highest BCUT2D eigenvalue weighted by atomic mass is 16.4. The van der Waals surface area contributed by atoms with Gasteiger partial charge < -0.3 is 20.8 Å². The molecule has 0 aromatic rings. The normalized spacial score (nSPS) is 24.1. The van der Waals surface area contributed by atoms with Gasteiger partial charge in [0.2, 0.25) is 5.91 Å². The number of nitrogens with zero attached hydrogens (tertiary/aromatic N) is 1. The van der Waals surface area contributed by atoms with Crippen molar-refractivity contribution in [3.8, 4) is 0 Å². The first-order valence-electron chi connectivity index (χ1n) is 7.57. The van der Waals surface area contributed by atoms with Crippen LogP contribution < -0.4 is 5.73 Å². The fourth-order valence-corrected chi connectivity index (χ4v) is 2.98. The van der Waals surface area contributed by atoms with Crippen molar-refractivity contribution in [2.24, 2.45) is 17.1 Å². The number of carbonyl (C=O) groups is 2. The van der Waals surface area contributed by atoms with Crippen molar-refractivity contribution in [1.82, 2.24) is 4.90 Å². The molecule has 2 unspecified atom stereocenters. The molecular weight excluding hydrogens is 272 g/mol. The van der Waals surface area contributed by atoms with Crippen LogP contribution in [0.25, 0.3) is 0 Å². The molecule has 6 nitrogen and oxygen atoms in total. The molecule has 1 aliphatic rings. The fraction of sp³-hybridized carbons (Fsp3) is 0.867. The summed E-state index contributed by atoms with van der Waals surface area (Å²) < 4.78 is 0. The number of carboxylic acids is 1. The molecule has 0 saturated carbocycles. The van der Waals surface area contributed by atoms with Crippen molar-refractivity contribution >= 4 is 11.9 Å². The van der Waals surface area contributed by atoms with Gasteiger partial charge in [0.25, 0.3) is 0 Å². The number of likely N-dealkylation sites (tertiary alicyclic amines) is 1. The lowest BCUT2D eigenvalue weighted by Gasteiger charge is -2.31. The molecular formula is C15H28N2O4. The van der Waals surface area contributed by atoms with Crippen molar-refractivity contribution < 1.29 is 19.8 Å². The quantitative estimate of drug-likeness (QED) is 0.674. The summed E-state index contributed by atoms with van der Waals surface area (Å²) in [6.07, 6.45) is 1.23. The minimum absolute atomic E-state index is 0.0658. The van der Waals surface area contributed by atoms with Gasteiger partial charge in [-0.15, -0.1) is 0 Å². The maximum absolute atomic E-state index is 12.3. The van der Waals surface area contributed by atoms with Crippen molar-refractivity contribution in [3.63, 3.8) is 0 Å². The largest absolute Gasteiger partial charge is 0.480 e. The molecule has 1 amide bonds. The third kappa shape index (κ3) is 4.97. The van der Waals surface area contributed by atoms with E-state index in [1.54, 1.807) is 0 Å². The first-order valence-corrected chi connectivity index (χ1v) is 7.57. The van der Waals surface area contributed by atoms with Crippen LogP contribution in [0.3, 0.4) is 0 Å². The van der Waals surface area contributed by atoms with Gasteiger partial charge in [-0.25, -0.2) is 4.79 Å². The Balaban J connectivity index is 2.61. The van der Waals surface area contributed by atoms with Gasteiger partial charge in [-0.3, -0.25) is 4.79 Å². The summed E-state index contributed by atoms with van der Waals surface area (Å²) >= 11 is 0. The number of aliphatic hydroxyl groups excluding tert-OH is 1. The molecule has 4 N–H and O–H groups in total. The van der Waals surface area contributed by atoms with E-state index in [1.165, 1.54) is 4.90 Å². The number of amides is 1. The molecule has 0 spiro atoms. The van der Waals surface area contributed by atoms with E-state index in [2.05, 4.69) is 20.8 Å². The van der Waals surface area contributed by atoms with Gasteiger partial charge in [0.15, 0.2) is 0 Å². The van der Waals surface area contributed by atoms with Crippen LogP contribution in [0.2, 0.25) is 0 Å². The van der Waals surface area contributed by atoms with Gasteiger partial charge in [-0.05, 0) is 30.7 Å². The molecule has 3 atom stereocenters. The Morgan fingerprint density at radius 1 is 1.33 bits per heavy atom. The van der Waals surface area contributed by atoms with Crippen LogP contribution in [0.5, 0.6) is 0 Å². The van der Waals surface area contributed by atoms with Crippen LogP contribution in [-0.4, -0.2) is 52.2 Å². The molecule has 122 valence electrons. The molecule has 0 aliphatic carbocycles. The number of hydrogen-bond donors (Lipinski definition) is 3. The van der Waals surface area contributed by atoms with E-state index in [1.807, 2.05) is 0 Å². The van der Waals surface area contributed by atoms with Crippen molar-refractivity contribution in [3.05, 3.63) is 0 Å². The van der Waals surface area contributed by atoms with Gasteiger partial charge in [-0.1, -0.05) is 20.8 Å². The summed E-state index contributed by atoms with van der Waals surface area (Å²) in [4.78, 5) is 24.7. The van der Waals surface area contributed by atoms with E-state index in [0.717, 1.165) is 6.42 Å². The number of carbonyl (C=O) groups excluding carboxylic acids is 1. The number of nitrogens with two attached hydrogens (primary N) is 1. The summed E-state index contributed by atoms with van der Waals surface area (Å²) in [6.45, 7) is 7.07. The molecule has 6 heteroatoms. The molecule has 1 fully saturated rings. The standard InChI is InChI=1S/C15H28N2O4/c1-15(2,3)10(6-7-16)4-5-13(19)17-9-11(18)8-12(17)14(20)21/h10-12,18H,4-9,16H2,1-3H3,(H,20,21)/t10?,11?,12-/m0/s1. The number of β-amino-alcohol motifs (C(OH)–C–C–N with tert-alkyl or cyclic N) is 1. The Labute approximate surface area is 126 Å². The monoisotopic (exact) mass is 300 g/mol. The van der Waals surface area contributed by atoms with Crippen LogP contribution in [0.15, 0.2) is 0 Å². The highest BCUT2D eigenvalue weighted by Crippen LogP contribution is 2.32. The second-order valence-corrected chi connectivity index (χ2v) is 6.97. The minimum atomic E-state index is -1.05. The molecule has 1 rings (SSSR count). The van der Waals surface area contributed by atoms with Gasteiger partial charge >= 0.3 is 5.97 Å². The Kier molecular flexibility index (Phi) is 6.16. The average Bonchev–Trinajstić information content (AvgIpc) is 2.75. The Morgan fingerprint density at radius 3 is 2.43 bits per heavy atom. The Morgan fingerprint density at radius 2 is 1.95 bits per heavy atom. The molecule has 1 heterocycles. The van der Waals surface area contributed by atoms with Gasteiger partial charge in [0.05, 0.1) is 6.10 Å². The lowest BCUT2D eigenvalue weighted by Crippen LogP contribution is -2.41. The smallest absolute Gasteiger partial charge is 0.326 e. The first-order chi connectivity index (χ1) is 9.66. The van der Waals surface area contributed by atoms with Crippen LogP contribution in [-0.2, 0) is 9.59 Å². The molecule has 0 bridgehead atoms. The van der Waals surface area contributed by atoms with Gasteiger partial charge in [-0.2, -0.15) is 0 Å². The topological polar surface area (TPSA) is 104 Å². The van der Waals surface area contributed by atoms with E-state index >= 15 is 0 Å². The second-order valence-electron chi connectivity index (χ2n) is 6.97. The average molecular weight is 300 g/mol. The number of aliphatic hydroxyl groups is 1. The van der Waals surface area contributed by atoms with Crippen molar-refractivity contribution in [2.75, 3.05) is 13.1 Å². The molecule has 1 saturated heterocycles. The van der Waals surface area contributed by atoms with Crippen molar-refractivity contribution in [1.29, 1.82) is 0 Å². The Hall–Kier alpha value is -1.14. The van der Waals surface area contributed by atoms with E-state index in [0.29, 0.717) is 25.3 Å². The number of hydrogen-bond acceptors (Lipinski definition) is 4. The predicted molar refractivity (Wildman–Crippen MR) is 79.6 cm³/mol. The third-order valence-electron chi connectivity index (χ3n) is 4.33. The number of aliphatic carboxylic acids is 1. The van der Waals surface area contributed by atoms with E-state index in [9.17, 15) is 14.7 Å². The van der Waals surface area contributed by atoms with E-state index in [4.69, 9.17) is 10.8 Å². The van der Waals surface area contributed by atoms with E-state index < -0.39 is 18.1 Å². The van der Waals surface area contributed by atoms with Crippen LogP contribution in [0.1, 0.15) is 46.5 Å². The molecule has 0 aromatic heterocycles. The number of rotatable bonds is 6. The summed E-state index contributed by atoms with van der Waals surface area (Å²) in [7, 11) is 0. The maximum Gasteiger partial charge on any atom is 0.326 e. The number of carboxylic acid groups (broad SMARTS) is 1. The van der Waals surface area contributed by atoms with E-state index in [-0.39, 0.29) is 24.3 Å². The zero-order valence-corrected chi connectivity index (χ0v) is 13.2. The summed E-state index contributed by atoms with van der Waals surface area (Å²) in [5, 5.41) is 18.7. The lowest BCUT2D eigenvalue weighted by molar-refractivity contribution is -0.148. The fourth-order valence-electron chi connectivity index (χ4n) is 2.98. The van der Waals surface area contributed by atoms with Gasteiger partial charge in [0, 0.05) is 19.4 Å². The highest BCUT2D eigenvalue weighted by molar-refractivity contribution is 5.84. The van der Waals surface area contributed by atoms with Gasteiger partial charge in [0.1, 0.15) is 6.04 Å². The Bertz CT molecular complexity index is 378. The highest BCUT2D eigenvalue weighted by Gasteiger charge is 2.39. The zero-order valence-electron chi connectivity index (χ0n) is 13.2. The zero-order chi connectivity index (χ0) is 16.2. The summed E-state index contributed by atoms with van der Waals surface area (Å²) in [6, 6.07) is -0.893. The third-order valence-corrected chi connectivity index (χ3v) is 4.33. The SMILES string of the molecule is CC(C)(C)C(CCN)CCC(=O)N1CC(O)C[C@H]1C(=O)O. The molecule has 1 aliphatic heterocycles. The molecule has 21 heavy (non-hydrogen) atoms. The maximum atomic E-state index is 12.3. The summed E-state index contributed by atoms with van der Waals surface area (Å²) in [5.74, 6) is -0.915. The van der Waals surface area contributed by atoms with Crippen molar-refractivity contribution in [2.45, 2.75) is 58.6 Å². The predicted octanol–water partition coefficient (Wildman–Crippen LogP) is 0.824.